The largest absolute Gasteiger partial charge is 0.391 e. The Morgan fingerprint density at radius 3 is 1.64 bits per heavy atom. The summed E-state index contributed by atoms with van der Waals surface area (Å²) in [7, 11) is 0. The maximum absolute atomic E-state index is 14.0. The molecule has 0 aromatic heterocycles. The highest BCUT2D eigenvalue weighted by Crippen LogP contribution is 2.28. The molecule has 0 aromatic rings. The number of nitrogens with zero attached hydrogens (tertiary/aromatic N) is 2. The van der Waals surface area contributed by atoms with Crippen molar-refractivity contribution in [1.82, 2.24) is 16.0 Å². The number of amides is 5. The molecule has 0 aromatic carbocycles. The van der Waals surface area contributed by atoms with E-state index in [-0.39, 0.29) is 81.7 Å². The van der Waals surface area contributed by atoms with Crippen LogP contribution in [0.2, 0.25) is 0 Å². The van der Waals surface area contributed by atoms with Crippen LogP contribution in [-0.2, 0) is 38.4 Å². The van der Waals surface area contributed by atoms with Gasteiger partial charge in [0.2, 0.25) is 29.5 Å². The summed E-state index contributed by atoms with van der Waals surface area (Å²) in [4.78, 5) is 113. The Balaban J connectivity index is 3.41. The van der Waals surface area contributed by atoms with Gasteiger partial charge in [-0.2, -0.15) is 0 Å². The number of carbonyl (C=O) groups excluding carboxylic acids is 8. The minimum atomic E-state index is -1.45. The molecule has 0 bridgehead atoms. The zero-order valence-electron chi connectivity index (χ0n) is 35.1. The first-order chi connectivity index (χ1) is 27.5. The van der Waals surface area contributed by atoms with Crippen LogP contribution in [0.15, 0.2) is 9.98 Å². The fourth-order valence-electron chi connectivity index (χ4n) is 7.19. The van der Waals surface area contributed by atoms with Crippen molar-refractivity contribution in [3.8, 4) is 0 Å². The average molecular weight is 836 g/mol. The molecule has 0 unspecified atom stereocenters. The number of hydrogen-bond donors (Lipinski definition) is 10. The molecule has 16 N–H and O–H groups in total. The number of nitrogens with two attached hydrogens (primary N) is 6. The number of Topliss-reactive ketones (excluding diaryl/α,β-unsaturated/α-hetero) is 3. The molecule has 59 heavy (non-hydrogen) atoms. The normalized spacial score (nSPS) is 16.2. The number of ketones is 3. The lowest BCUT2D eigenvalue weighted by atomic mass is 9.84. The SMILES string of the molecule is CC(=O)CC(C)(C)C(=O)N[C@H](C(=O)C[C@@H](CCCN=C(N)N)C(=O)N[C@@H](CCC(N)=O)C(=O)C[C@@H](CCCN=C(N)N)C(=O)N[C@@H](CC1CCCCC1)C(N)=O)[C@@H](C)O. The van der Waals surface area contributed by atoms with Crippen LogP contribution in [0.1, 0.15) is 124 Å². The number of guanidine groups is 2. The molecule has 6 atom stereocenters. The average Bonchev–Trinajstić information content (AvgIpc) is 3.13. The Hall–Kier alpha value is -5.14. The molecule has 0 heterocycles. The van der Waals surface area contributed by atoms with E-state index in [1.165, 1.54) is 27.7 Å². The Kier molecular flexibility index (Phi) is 22.9. The number of carbonyl (C=O) groups is 8. The molecular weight excluding hydrogens is 766 g/mol. The summed E-state index contributed by atoms with van der Waals surface area (Å²) in [6, 6.07) is -3.76. The number of aliphatic hydroxyl groups excluding tert-OH is 1. The van der Waals surface area contributed by atoms with Gasteiger partial charge in [0.25, 0.3) is 0 Å². The molecule has 0 aliphatic heterocycles. The minimum absolute atomic E-state index is 0.0205. The predicted molar refractivity (Wildman–Crippen MR) is 221 cm³/mol. The van der Waals surface area contributed by atoms with Crippen molar-refractivity contribution in [2.75, 3.05) is 13.1 Å². The zero-order chi connectivity index (χ0) is 44.9. The first-order valence-corrected chi connectivity index (χ1v) is 20.4. The van der Waals surface area contributed by atoms with Crippen LogP contribution in [0, 0.1) is 23.2 Å². The van der Waals surface area contributed by atoms with Gasteiger partial charge in [0.1, 0.15) is 17.9 Å². The lowest BCUT2D eigenvalue weighted by Crippen LogP contribution is -2.53. The summed E-state index contributed by atoms with van der Waals surface area (Å²) in [5.41, 5.74) is 31.7. The van der Waals surface area contributed by atoms with Gasteiger partial charge < -0.3 is 55.5 Å². The highest BCUT2D eigenvalue weighted by atomic mass is 16.3. The standard InChI is InChI=1S/C39H69N11O9/c1-22(51)21-39(3,4)36(59)50-32(23(2)52)30(54)20-26(13-9-17-47-38(44)45)34(57)48-27(14-15-31(40)55)29(53)19-25(12-8-16-46-37(42)43)35(58)49-28(33(41)56)18-24-10-6-5-7-11-24/h23-28,32,52H,5-21H2,1-4H3,(H2,40,55)(H2,41,56)(H,48,57)(H,49,58)(H,50,59)(H4,42,43,46)(H4,44,45,47)/t23-,25-,26-,27+,28+,32+/m1/s1. The van der Waals surface area contributed by atoms with Gasteiger partial charge in [0.05, 0.1) is 17.6 Å². The number of aliphatic imine (C=N–C) groups is 2. The van der Waals surface area contributed by atoms with Gasteiger partial charge >= 0.3 is 0 Å². The van der Waals surface area contributed by atoms with Crippen molar-refractivity contribution in [3.63, 3.8) is 0 Å². The second-order valence-corrected chi connectivity index (χ2v) is 16.4. The summed E-state index contributed by atoms with van der Waals surface area (Å²) >= 11 is 0. The van der Waals surface area contributed by atoms with E-state index in [2.05, 4.69) is 25.9 Å². The van der Waals surface area contributed by atoms with Gasteiger partial charge in [0, 0.05) is 50.6 Å². The van der Waals surface area contributed by atoms with E-state index in [4.69, 9.17) is 34.4 Å². The van der Waals surface area contributed by atoms with Crippen LogP contribution in [-0.4, -0.2) is 101 Å². The summed E-state index contributed by atoms with van der Waals surface area (Å²) in [5.74, 6) is -7.42. The molecule has 334 valence electrons. The van der Waals surface area contributed by atoms with E-state index in [0.717, 1.165) is 32.1 Å². The van der Waals surface area contributed by atoms with Crippen LogP contribution in [0.4, 0.5) is 0 Å². The van der Waals surface area contributed by atoms with Crippen LogP contribution in [0.3, 0.4) is 0 Å². The van der Waals surface area contributed by atoms with E-state index in [0.29, 0.717) is 6.42 Å². The summed E-state index contributed by atoms with van der Waals surface area (Å²) in [6.07, 6.45) is 2.88. The lowest BCUT2D eigenvalue weighted by Gasteiger charge is -2.29. The summed E-state index contributed by atoms with van der Waals surface area (Å²) in [5, 5.41) is 18.4. The molecule has 1 aliphatic rings. The van der Waals surface area contributed by atoms with Gasteiger partial charge in [-0.25, -0.2) is 0 Å². The Bertz CT molecular complexity index is 1520. The topological polar surface area (TPSA) is 374 Å². The molecule has 20 heteroatoms. The number of nitrogens with one attached hydrogen (secondary N) is 3. The van der Waals surface area contributed by atoms with Crippen molar-refractivity contribution in [2.24, 2.45) is 67.6 Å². The highest BCUT2D eigenvalue weighted by Gasteiger charge is 2.37. The monoisotopic (exact) mass is 836 g/mol. The van der Waals surface area contributed by atoms with Gasteiger partial charge in [-0.1, -0.05) is 46.0 Å². The van der Waals surface area contributed by atoms with E-state index >= 15 is 0 Å². The van der Waals surface area contributed by atoms with Crippen LogP contribution in [0.5, 0.6) is 0 Å². The third-order valence-electron chi connectivity index (χ3n) is 10.4. The van der Waals surface area contributed by atoms with Crippen molar-refractivity contribution >= 4 is 58.8 Å². The van der Waals surface area contributed by atoms with Gasteiger partial charge in [-0.3, -0.25) is 48.3 Å². The fraction of sp³-hybridized carbons (Fsp3) is 0.744. The molecule has 0 saturated heterocycles. The minimum Gasteiger partial charge on any atom is -0.391 e. The van der Waals surface area contributed by atoms with E-state index in [1.54, 1.807) is 0 Å². The fourth-order valence-corrected chi connectivity index (χ4v) is 7.19. The summed E-state index contributed by atoms with van der Waals surface area (Å²) < 4.78 is 0. The molecule has 20 nitrogen and oxygen atoms in total. The maximum atomic E-state index is 14.0. The molecule has 1 fully saturated rings. The van der Waals surface area contributed by atoms with Gasteiger partial charge in [-0.05, 0) is 58.3 Å². The Morgan fingerprint density at radius 1 is 0.712 bits per heavy atom. The summed E-state index contributed by atoms with van der Waals surface area (Å²) in [6.45, 7) is 5.87. The Morgan fingerprint density at radius 2 is 1.20 bits per heavy atom. The molecule has 1 aliphatic carbocycles. The van der Waals surface area contributed by atoms with E-state index in [1.807, 2.05) is 0 Å². The molecule has 0 radical (unpaired) electrons. The van der Waals surface area contributed by atoms with Crippen LogP contribution in [0.25, 0.3) is 0 Å². The number of hydrogen-bond acceptors (Lipinski definition) is 11. The first kappa shape index (κ1) is 51.9. The maximum Gasteiger partial charge on any atom is 0.240 e. The van der Waals surface area contributed by atoms with Crippen molar-refractivity contribution < 1.29 is 43.5 Å². The number of primary amides is 2. The molecule has 1 saturated carbocycles. The molecule has 0 spiro atoms. The predicted octanol–water partition coefficient (Wildman–Crippen LogP) is -1.19. The van der Waals surface area contributed by atoms with E-state index in [9.17, 15) is 43.5 Å². The van der Waals surface area contributed by atoms with E-state index < -0.39 is 95.4 Å². The van der Waals surface area contributed by atoms with Crippen LogP contribution < -0.4 is 50.4 Å². The molecule has 1 rings (SSSR count). The molecular formula is C39H69N11O9. The van der Waals surface area contributed by atoms with Crippen molar-refractivity contribution in [1.29, 1.82) is 0 Å². The third-order valence-corrected chi connectivity index (χ3v) is 10.4. The smallest absolute Gasteiger partial charge is 0.240 e. The number of rotatable bonds is 29. The Labute approximate surface area is 346 Å². The van der Waals surface area contributed by atoms with Gasteiger partial charge in [0.15, 0.2) is 23.5 Å². The van der Waals surface area contributed by atoms with Crippen molar-refractivity contribution in [2.45, 2.75) is 148 Å². The van der Waals surface area contributed by atoms with Gasteiger partial charge in [-0.15, -0.1) is 0 Å². The zero-order valence-corrected chi connectivity index (χ0v) is 35.1. The quantitative estimate of drug-likeness (QED) is 0.0241. The third kappa shape index (κ3) is 20.9. The second-order valence-electron chi connectivity index (χ2n) is 16.4. The second kappa shape index (κ2) is 26.1. The van der Waals surface area contributed by atoms with Crippen molar-refractivity contribution in [3.05, 3.63) is 0 Å². The van der Waals surface area contributed by atoms with Crippen LogP contribution >= 0.6 is 0 Å². The first-order valence-electron chi connectivity index (χ1n) is 20.4. The highest BCUT2D eigenvalue weighted by molar-refractivity contribution is 5.97. The lowest BCUT2D eigenvalue weighted by molar-refractivity contribution is -0.139. The number of aliphatic hydroxyl groups is 1. The molecule has 5 amide bonds.